The van der Waals surface area contributed by atoms with Gasteiger partial charge in [-0.3, -0.25) is 0 Å². The van der Waals surface area contributed by atoms with Gasteiger partial charge >= 0.3 is 0 Å². The minimum Gasteiger partial charge on any atom is -0.322 e. The van der Waals surface area contributed by atoms with Gasteiger partial charge in [-0.05, 0) is 46.9 Å². The van der Waals surface area contributed by atoms with E-state index in [4.69, 9.17) is 0 Å². The number of hydrogen-bond acceptors (Lipinski definition) is 4. The number of aromatic nitrogens is 4. The van der Waals surface area contributed by atoms with Gasteiger partial charge in [-0.25, -0.2) is 4.39 Å². The zero-order valence-corrected chi connectivity index (χ0v) is 13.5. The first-order valence-corrected chi connectivity index (χ1v) is 8.43. The number of anilines is 1. The van der Waals surface area contributed by atoms with Crippen molar-refractivity contribution in [3.63, 3.8) is 0 Å². The fraction of sp³-hybridized carbons (Fsp3) is 0.211. The van der Waals surface area contributed by atoms with Crippen LogP contribution in [0.15, 0.2) is 54.1 Å². The first-order chi connectivity index (χ1) is 12.3. The Labute approximate surface area is 144 Å². The van der Waals surface area contributed by atoms with Crippen LogP contribution in [0.1, 0.15) is 35.6 Å². The lowest BCUT2D eigenvalue weighted by Crippen LogP contribution is -2.25. The molecule has 3 aromatic rings. The molecule has 124 valence electrons. The predicted molar refractivity (Wildman–Crippen MR) is 92.3 cm³/mol. The Kier molecular flexibility index (Phi) is 3.16. The summed E-state index contributed by atoms with van der Waals surface area (Å²) >= 11 is 0. The van der Waals surface area contributed by atoms with Gasteiger partial charge in [0.15, 0.2) is 0 Å². The molecule has 1 aliphatic heterocycles. The molecule has 0 saturated carbocycles. The van der Waals surface area contributed by atoms with E-state index in [1.54, 1.807) is 10.7 Å². The van der Waals surface area contributed by atoms with Crippen LogP contribution in [0, 0.1) is 5.82 Å². The highest BCUT2D eigenvalue weighted by atomic mass is 19.1. The number of rotatable bonds is 1. The molecule has 25 heavy (non-hydrogen) atoms. The number of aryl methyl sites for hydroxylation is 1. The molecule has 2 aliphatic rings. The normalized spacial score (nSPS) is 18.7. The summed E-state index contributed by atoms with van der Waals surface area (Å²) in [4.78, 5) is 0. The molecule has 5 rings (SSSR count). The summed E-state index contributed by atoms with van der Waals surface area (Å²) in [6, 6.07) is 14.9. The molecule has 6 heteroatoms. The fourth-order valence-electron chi connectivity index (χ4n) is 3.90. The van der Waals surface area contributed by atoms with E-state index in [1.165, 1.54) is 11.6 Å². The molecule has 1 aliphatic carbocycles. The molecule has 0 bridgehead atoms. The molecule has 0 spiro atoms. The minimum absolute atomic E-state index is 0.236. The molecule has 2 heterocycles. The molecule has 2 aromatic carbocycles. The molecule has 1 N–H and O–H groups in total. The topological polar surface area (TPSA) is 55.6 Å². The molecular weight excluding hydrogens is 317 g/mol. The predicted octanol–water partition coefficient (Wildman–Crippen LogP) is 3.57. The number of nitrogens with zero attached hydrogens (tertiary/aromatic N) is 4. The monoisotopic (exact) mass is 333 g/mol. The number of benzene rings is 2. The van der Waals surface area contributed by atoms with Crippen LogP contribution in [-0.4, -0.2) is 20.2 Å². The third-order valence-electron chi connectivity index (χ3n) is 5.00. The molecule has 0 radical (unpaired) electrons. The van der Waals surface area contributed by atoms with Crippen molar-refractivity contribution in [3.05, 3.63) is 76.6 Å². The highest BCUT2D eigenvalue weighted by molar-refractivity contribution is 5.82. The first kappa shape index (κ1) is 14.3. The average molecular weight is 333 g/mol. The van der Waals surface area contributed by atoms with Gasteiger partial charge in [-0.2, -0.15) is 4.68 Å². The van der Waals surface area contributed by atoms with Crippen molar-refractivity contribution in [2.45, 2.75) is 25.3 Å². The number of tetrazole rings is 1. The highest BCUT2D eigenvalue weighted by Gasteiger charge is 2.34. The molecule has 0 amide bonds. The largest absolute Gasteiger partial charge is 0.322 e. The zero-order valence-electron chi connectivity index (χ0n) is 13.5. The Balaban J connectivity index is 1.78. The number of nitrogens with one attached hydrogen (secondary N) is 1. The quantitative estimate of drug-likeness (QED) is 0.740. The second-order valence-electron chi connectivity index (χ2n) is 6.41. The molecule has 0 fully saturated rings. The number of fused-ring (bicyclic) bond motifs is 3. The summed E-state index contributed by atoms with van der Waals surface area (Å²) in [6.07, 6.45) is 2.89. The summed E-state index contributed by atoms with van der Waals surface area (Å²) in [5.74, 6) is 0.309. The maximum absolute atomic E-state index is 14.6. The lowest BCUT2D eigenvalue weighted by atomic mass is 9.91. The van der Waals surface area contributed by atoms with Crippen molar-refractivity contribution >= 4 is 11.6 Å². The highest BCUT2D eigenvalue weighted by Crippen LogP contribution is 2.43. The van der Waals surface area contributed by atoms with Crippen LogP contribution in [0.5, 0.6) is 0 Å². The number of hydrogen-bond donors (Lipinski definition) is 1. The van der Waals surface area contributed by atoms with Gasteiger partial charge in [0.25, 0.3) is 0 Å². The van der Waals surface area contributed by atoms with Crippen molar-refractivity contribution in [2.24, 2.45) is 0 Å². The van der Waals surface area contributed by atoms with Gasteiger partial charge in [-0.15, -0.1) is 0 Å². The summed E-state index contributed by atoms with van der Waals surface area (Å²) < 4.78 is 16.3. The van der Waals surface area contributed by atoms with Gasteiger partial charge in [-0.1, -0.05) is 47.6 Å². The fourth-order valence-corrected chi connectivity index (χ4v) is 3.90. The molecule has 1 aromatic heterocycles. The van der Waals surface area contributed by atoms with Crippen molar-refractivity contribution in [2.75, 3.05) is 5.32 Å². The summed E-state index contributed by atoms with van der Waals surface area (Å²) in [6.45, 7) is 0. The van der Waals surface area contributed by atoms with Crippen LogP contribution in [0.4, 0.5) is 10.3 Å². The van der Waals surface area contributed by atoms with Gasteiger partial charge in [0.1, 0.15) is 11.9 Å². The zero-order chi connectivity index (χ0) is 16.8. The van der Waals surface area contributed by atoms with Crippen LogP contribution in [0.25, 0.3) is 5.70 Å². The Morgan fingerprint density at radius 2 is 1.88 bits per heavy atom. The maximum Gasteiger partial charge on any atom is 0.248 e. The average Bonchev–Trinajstić information content (AvgIpc) is 3.02. The Morgan fingerprint density at radius 3 is 2.80 bits per heavy atom. The van der Waals surface area contributed by atoms with E-state index < -0.39 is 0 Å². The molecule has 0 unspecified atom stereocenters. The molecule has 0 saturated heterocycles. The van der Waals surface area contributed by atoms with Gasteiger partial charge in [0.2, 0.25) is 5.95 Å². The van der Waals surface area contributed by atoms with Crippen molar-refractivity contribution in [1.82, 2.24) is 20.2 Å². The third-order valence-corrected chi connectivity index (χ3v) is 5.00. The number of halogens is 1. The van der Waals surface area contributed by atoms with E-state index in [1.807, 2.05) is 18.2 Å². The summed E-state index contributed by atoms with van der Waals surface area (Å²) in [5, 5.41) is 15.4. The van der Waals surface area contributed by atoms with Gasteiger partial charge in [0.05, 0.1) is 5.70 Å². The Hall–Kier alpha value is -3.02. The van der Waals surface area contributed by atoms with E-state index in [2.05, 4.69) is 39.0 Å². The summed E-state index contributed by atoms with van der Waals surface area (Å²) in [7, 11) is 0. The van der Waals surface area contributed by atoms with E-state index in [9.17, 15) is 4.39 Å². The molecule has 5 nitrogen and oxygen atoms in total. The van der Waals surface area contributed by atoms with Crippen LogP contribution in [0.3, 0.4) is 0 Å². The van der Waals surface area contributed by atoms with Gasteiger partial charge < -0.3 is 5.32 Å². The van der Waals surface area contributed by atoms with E-state index in [-0.39, 0.29) is 11.9 Å². The number of allylic oxidation sites excluding steroid dienone is 1. The smallest absolute Gasteiger partial charge is 0.248 e. The third kappa shape index (κ3) is 2.17. The van der Waals surface area contributed by atoms with Crippen molar-refractivity contribution in [1.29, 1.82) is 0 Å². The van der Waals surface area contributed by atoms with E-state index >= 15 is 0 Å². The Bertz CT molecular complexity index is 991. The lowest BCUT2D eigenvalue weighted by Gasteiger charge is -2.29. The second kappa shape index (κ2) is 5.51. The lowest BCUT2D eigenvalue weighted by molar-refractivity contribution is 0.511. The van der Waals surface area contributed by atoms with Gasteiger partial charge in [0, 0.05) is 11.1 Å². The maximum atomic E-state index is 14.6. The van der Waals surface area contributed by atoms with Crippen LogP contribution in [0.2, 0.25) is 0 Å². The van der Waals surface area contributed by atoms with E-state index in [0.29, 0.717) is 11.5 Å². The minimum atomic E-state index is -0.325. The van der Waals surface area contributed by atoms with Crippen LogP contribution < -0.4 is 5.32 Å². The SMILES string of the molecule is Fc1ccccc1[C@@H]1C2=C(Nc3nnnn31)c1ccccc1CCC2. The Morgan fingerprint density at radius 1 is 1.04 bits per heavy atom. The van der Waals surface area contributed by atoms with E-state index in [0.717, 1.165) is 36.1 Å². The second-order valence-corrected chi connectivity index (χ2v) is 6.41. The molecular formula is C19H16FN5. The van der Waals surface area contributed by atoms with Crippen LogP contribution >= 0.6 is 0 Å². The van der Waals surface area contributed by atoms with Crippen LogP contribution in [-0.2, 0) is 6.42 Å². The standard InChI is InChI=1S/C19H16FN5/c20-16-11-4-3-9-14(16)18-15-10-5-7-12-6-1-2-8-13(12)17(15)21-19-22-23-24-25(18)19/h1-4,6,8-9,11,18H,5,7,10H2,(H,21,22,24)/t18-/m1/s1. The summed E-state index contributed by atoms with van der Waals surface area (Å²) in [5.41, 5.74) is 5.21. The van der Waals surface area contributed by atoms with Crippen molar-refractivity contribution < 1.29 is 4.39 Å². The molecule has 1 atom stereocenters. The van der Waals surface area contributed by atoms with Crippen molar-refractivity contribution in [3.8, 4) is 0 Å². The first-order valence-electron chi connectivity index (χ1n) is 8.43.